The number of imidazole rings is 1. The summed E-state index contributed by atoms with van der Waals surface area (Å²) in [7, 11) is -3.87. The second-order valence-corrected chi connectivity index (χ2v) is 10.6. The van der Waals surface area contributed by atoms with Crippen molar-refractivity contribution in [3.8, 4) is 5.69 Å². The van der Waals surface area contributed by atoms with Gasteiger partial charge in [0.25, 0.3) is 10.0 Å². The van der Waals surface area contributed by atoms with Gasteiger partial charge < -0.3 is 5.32 Å². The summed E-state index contributed by atoms with van der Waals surface area (Å²) in [6.45, 7) is 11.5. The molecule has 0 fully saturated rings. The summed E-state index contributed by atoms with van der Waals surface area (Å²) in [5, 5.41) is 2.61. The summed E-state index contributed by atoms with van der Waals surface area (Å²) in [6, 6.07) is 9.37. The Morgan fingerprint density at radius 1 is 1.06 bits per heavy atom. The fourth-order valence-electron chi connectivity index (χ4n) is 3.70. The molecule has 0 aliphatic rings. The molecular weight excluding hydrogens is 462 g/mol. The van der Waals surface area contributed by atoms with Gasteiger partial charge in [-0.05, 0) is 70.9 Å². The van der Waals surface area contributed by atoms with Crippen LogP contribution in [-0.2, 0) is 22.9 Å². The van der Waals surface area contributed by atoms with E-state index in [0.717, 1.165) is 51.5 Å². The Labute approximate surface area is 207 Å². The molecule has 0 radical (unpaired) electrons. The number of hydrogen-bond acceptors (Lipinski definition) is 5. The van der Waals surface area contributed by atoms with Crippen LogP contribution in [0.2, 0.25) is 0 Å². The zero-order valence-corrected chi connectivity index (χ0v) is 22.0. The third-order valence-corrected chi connectivity index (χ3v) is 6.97. The van der Waals surface area contributed by atoms with Crippen LogP contribution in [0.25, 0.3) is 16.7 Å². The number of benzene rings is 1. The maximum Gasteiger partial charge on any atom is 0.328 e. The molecule has 35 heavy (non-hydrogen) atoms. The van der Waals surface area contributed by atoms with Crippen molar-refractivity contribution in [1.82, 2.24) is 24.6 Å². The Kier molecular flexibility index (Phi) is 8.11. The monoisotopic (exact) mass is 495 g/mol. The third kappa shape index (κ3) is 6.36. The van der Waals surface area contributed by atoms with Crippen LogP contribution in [0, 0.1) is 13.8 Å². The second kappa shape index (κ2) is 10.9. The van der Waals surface area contributed by atoms with Crippen LogP contribution in [-0.4, -0.2) is 35.5 Å². The summed E-state index contributed by atoms with van der Waals surface area (Å²) >= 11 is 0. The van der Waals surface area contributed by atoms with Gasteiger partial charge in [0.05, 0.1) is 16.1 Å². The van der Waals surface area contributed by atoms with Gasteiger partial charge in [-0.15, -0.1) is 0 Å². The Morgan fingerprint density at radius 3 is 2.37 bits per heavy atom. The first kappa shape index (κ1) is 26.2. The zero-order valence-electron chi connectivity index (χ0n) is 21.1. The van der Waals surface area contributed by atoms with Crippen molar-refractivity contribution in [3.05, 3.63) is 75.7 Å². The van der Waals surface area contributed by atoms with Gasteiger partial charge in [0, 0.05) is 24.3 Å². The average molecular weight is 496 g/mol. The van der Waals surface area contributed by atoms with Crippen LogP contribution in [0.4, 0.5) is 4.79 Å². The average Bonchev–Trinajstić information content (AvgIpc) is 3.16. The number of rotatable bonds is 8. The summed E-state index contributed by atoms with van der Waals surface area (Å²) in [5.41, 5.74) is 6.80. The summed E-state index contributed by atoms with van der Waals surface area (Å²) < 4.78 is 28.7. The topological polar surface area (TPSA) is 106 Å². The predicted molar refractivity (Wildman–Crippen MR) is 140 cm³/mol. The van der Waals surface area contributed by atoms with E-state index in [1.165, 1.54) is 13.0 Å². The standard InChI is InChI=1S/C26H33N5O3S/c1-7-24-29-25-20(6)28-18(4)16-23(25)31(24)22-12-10-21(11-13-22)14-15-27-26(32)30-35(33,34)19(5)9-8-17(2)3/h8-13,16H,7,14-15H2,1-6H3,(H2,27,30,32)/b19-9+. The molecule has 186 valence electrons. The minimum atomic E-state index is -3.87. The molecular formula is C26H33N5O3S. The number of fused-ring (bicyclic) bond motifs is 1. The van der Waals surface area contributed by atoms with E-state index >= 15 is 0 Å². The van der Waals surface area contributed by atoms with E-state index in [9.17, 15) is 13.2 Å². The number of amides is 2. The van der Waals surface area contributed by atoms with Gasteiger partial charge in [-0.3, -0.25) is 9.55 Å². The Hall–Kier alpha value is -3.46. The molecule has 0 atom stereocenters. The highest BCUT2D eigenvalue weighted by molar-refractivity contribution is 7.93. The number of urea groups is 1. The van der Waals surface area contributed by atoms with Crippen LogP contribution in [0.3, 0.4) is 0 Å². The molecule has 0 aliphatic carbocycles. The number of aryl methyl sites for hydroxylation is 3. The minimum absolute atomic E-state index is 0.0732. The molecule has 0 saturated carbocycles. The normalized spacial score (nSPS) is 12.0. The number of sulfonamides is 1. The first-order chi connectivity index (χ1) is 16.5. The van der Waals surface area contributed by atoms with Crippen LogP contribution in [0.1, 0.15) is 50.5 Å². The molecule has 0 aliphatic heterocycles. The molecule has 2 N–H and O–H groups in total. The van der Waals surface area contributed by atoms with Crippen molar-refractivity contribution in [3.63, 3.8) is 0 Å². The summed E-state index contributed by atoms with van der Waals surface area (Å²) in [5.74, 6) is 0.969. The molecule has 9 heteroatoms. The first-order valence-electron chi connectivity index (χ1n) is 11.6. The summed E-state index contributed by atoms with van der Waals surface area (Å²) in [6.07, 6.45) is 4.51. The molecule has 0 unspecified atom stereocenters. The van der Waals surface area contributed by atoms with E-state index in [1.54, 1.807) is 6.08 Å². The first-order valence-corrected chi connectivity index (χ1v) is 13.1. The molecule has 3 aromatic rings. The number of hydrogen-bond donors (Lipinski definition) is 2. The van der Waals surface area contributed by atoms with Gasteiger partial charge in [-0.25, -0.2) is 22.9 Å². The van der Waals surface area contributed by atoms with E-state index in [1.807, 2.05) is 56.7 Å². The van der Waals surface area contributed by atoms with Crippen molar-refractivity contribution in [2.45, 2.75) is 54.4 Å². The number of allylic oxidation sites excluding steroid dienone is 4. The maximum atomic E-state index is 12.2. The fourth-order valence-corrected chi connectivity index (χ4v) is 4.42. The van der Waals surface area contributed by atoms with Gasteiger partial charge in [0.2, 0.25) is 0 Å². The second-order valence-electron chi connectivity index (χ2n) is 8.73. The van der Waals surface area contributed by atoms with Crippen LogP contribution in [0.15, 0.2) is 53.0 Å². The largest absolute Gasteiger partial charge is 0.337 e. The van der Waals surface area contributed by atoms with E-state index in [0.29, 0.717) is 13.0 Å². The van der Waals surface area contributed by atoms with Gasteiger partial charge >= 0.3 is 6.03 Å². The highest BCUT2D eigenvalue weighted by Gasteiger charge is 2.17. The molecule has 3 rings (SSSR count). The zero-order chi connectivity index (χ0) is 25.8. The van der Waals surface area contributed by atoms with Gasteiger partial charge in [-0.2, -0.15) is 0 Å². The van der Waals surface area contributed by atoms with E-state index in [-0.39, 0.29) is 4.91 Å². The number of nitrogens with zero attached hydrogens (tertiary/aromatic N) is 3. The third-order valence-electron chi connectivity index (χ3n) is 5.53. The molecule has 2 amide bonds. The molecule has 0 saturated heterocycles. The molecule has 2 aromatic heterocycles. The SMILES string of the molecule is CCc1nc2c(C)nc(C)cc2n1-c1ccc(CCNC(=O)NS(=O)(=O)/C(C)=C/C=C(C)C)cc1. The van der Waals surface area contributed by atoms with Crippen LogP contribution < -0.4 is 10.0 Å². The molecule has 0 bridgehead atoms. The minimum Gasteiger partial charge on any atom is -0.337 e. The van der Waals surface area contributed by atoms with Gasteiger partial charge in [0.1, 0.15) is 11.3 Å². The van der Waals surface area contributed by atoms with Crippen molar-refractivity contribution in [2.75, 3.05) is 6.54 Å². The van der Waals surface area contributed by atoms with Crippen molar-refractivity contribution < 1.29 is 13.2 Å². The summed E-state index contributed by atoms with van der Waals surface area (Å²) in [4.78, 5) is 21.5. The lowest BCUT2D eigenvalue weighted by molar-refractivity contribution is 0.246. The van der Waals surface area contributed by atoms with Gasteiger partial charge in [-0.1, -0.05) is 30.7 Å². The van der Waals surface area contributed by atoms with Crippen molar-refractivity contribution >= 4 is 27.1 Å². The number of pyridine rings is 1. The van der Waals surface area contributed by atoms with Gasteiger partial charge in [0.15, 0.2) is 0 Å². The Balaban J connectivity index is 1.66. The Morgan fingerprint density at radius 2 is 1.74 bits per heavy atom. The quantitative estimate of drug-likeness (QED) is 0.443. The fraction of sp³-hybridized carbons (Fsp3) is 0.346. The van der Waals surface area contributed by atoms with Crippen LogP contribution in [0.5, 0.6) is 0 Å². The van der Waals surface area contributed by atoms with Crippen molar-refractivity contribution in [1.29, 1.82) is 0 Å². The maximum absolute atomic E-state index is 12.2. The Bertz CT molecular complexity index is 1400. The van der Waals surface area contributed by atoms with E-state index in [2.05, 4.69) is 27.9 Å². The highest BCUT2D eigenvalue weighted by Crippen LogP contribution is 2.24. The van der Waals surface area contributed by atoms with Crippen LogP contribution >= 0.6 is 0 Å². The number of nitrogens with one attached hydrogen (secondary N) is 2. The lowest BCUT2D eigenvalue weighted by Gasteiger charge is -2.11. The molecule has 0 spiro atoms. The van der Waals surface area contributed by atoms with Crippen molar-refractivity contribution in [2.24, 2.45) is 0 Å². The van der Waals surface area contributed by atoms with E-state index < -0.39 is 16.1 Å². The molecule has 2 heterocycles. The number of carbonyl (C=O) groups is 1. The lowest BCUT2D eigenvalue weighted by atomic mass is 10.1. The highest BCUT2D eigenvalue weighted by atomic mass is 32.2. The van der Waals surface area contributed by atoms with E-state index in [4.69, 9.17) is 4.98 Å². The smallest absolute Gasteiger partial charge is 0.328 e. The molecule has 1 aromatic carbocycles. The number of aromatic nitrogens is 3. The number of carbonyl (C=O) groups excluding carboxylic acids is 1. The lowest BCUT2D eigenvalue weighted by Crippen LogP contribution is -2.40. The predicted octanol–water partition coefficient (Wildman–Crippen LogP) is 4.64. The molecule has 8 nitrogen and oxygen atoms in total.